The third-order valence-corrected chi connectivity index (χ3v) is 3.63. The van der Waals surface area contributed by atoms with E-state index in [0.29, 0.717) is 22.8 Å². The minimum Gasteiger partial charge on any atom is -0.351 e. The van der Waals surface area contributed by atoms with Crippen molar-refractivity contribution >= 4 is 34.7 Å². The molecule has 0 radical (unpaired) electrons. The minimum absolute atomic E-state index is 0.188. The highest BCUT2D eigenvalue weighted by Crippen LogP contribution is 2.20. The Morgan fingerprint density at radius 1 is 1.14 bits per heavy atom. The van der Waals surface area contributed by atoms with Crippen LogP contribution in [0.3, 0.4) is 0 Å². The van der Waals surface area contributed by atoms with Gasteiger partial charge in [-0.25, -0.2) is 0 Å². The van der Waals surface area contributed by atoms with Crippen LogP contribution in [0.2, 0.25) is 5.02 Å². The third kappa shape index (κ3) is 3.02. The molecule has 0 aliphatic heterocycles. The predicted molar refractivity (Wildman–Crippen MR) is 86.3 cm³/mol. The van der Waals surface area contributed by atoms with E-state index in [4.69, 9.17) is 11.6 Å². The number of rotatable bonds is 4. The SMILES string of the molecule is O=Cc1ccc(CNC(=O)c2cc3cc(Cl)ccc3[nH]2)cc1. The van der Waals surface area contributed by atoms with Crippen LogP contribution in [-0.4, -0.2) is 17.2 Å². The molecule has 1 amide bonds. The number of aromatic nitrogens is 1. The van der Waals surface area contributed by atoms with Gasteiger partial charge in [-0.05, 0) is 29.8 Å². The fraction of sp³-hybridized carbons (Fsp3) is 0.0588. The van der Waals surface area contributed by atoms with Crippen LogP contribution in [0, 0.1) is 0 Å². The molecule has 2 aromatic carbocycles. The summed E-state index contributed by atoms with van der Waals surface area (Å²) in [6.45, 7) is 0.397. The summed E-state index contributed by atoms with van der Waals surface area (Å²) < 4.78 is 0. The normalized spacial score (nSPS) is 10.6. The zero-order chi connectivity index (χ0) is 15.5. The topological polar surface area (TPSA) is 62.0 Å². The second-order valence-electron chi connectivity index (χ2n) is 4.96. The highest BCUT2D eigenvalue weighted by Gasteiger charge is 2.09. The van der Waals surface area contributed by atoms with Gasteiger partial charge in [0, 0.05) is 28.0 Å². The molecule has 5 heteroatoms. The number of nitrogens with one attached hydrogen (secondary N) is 2. The summed E-state index contributed by atoms with van der Waals surface area (Å²) in [6, 6.07) is 14.3. The molecular weight excluding hydrogens is 300 g/mol. The number of carbonyl (C=O) groups is 2. The Bertz CT molecular complexity index is 837. The number of benzene rings is 2. The second kappa shape index (κ2) is 6.03. The van der Waals surface area contributed by atoms with Crippen molar-refractivity contribution in [3.63, 3.8) is 0 Å². The van der Waals surface area contributed by atoms with Crippen molar-refractivity contribution in [2.45, 2.75) is 6.54 Å². The van der Waals surface area contributed by atoms with E-state index in [2.05, 4.69) is 10.3 Å². The number of hydrogen-bond acceptors (Lipinski definition) is 2. The van der Waals surface area contributed by atoms with Gasteiger partial charge in [0.2, 0.25) is 0 Å². The molecule has 0 saturated heterocycles. The van der Waals surface area contributed by atoms with Gasteiger partial charge in [0.25, 0.3) is 5.91 Å². The maximum Gasteiger partial charge on any atom is 0.267 e. The molecule has 0 unspecified atom stereocenters. The first kappa shape index (κ1) is 14.4. The second-order valence-corrected chi connectivity index (χ2v) is 5.39. The van der Waals surface area contributed by atoms with Crippen LogP contribution < -0.4 is 5.32 Å². The Morgan fingerprint density at radius 2 is 1.91 bits per heavy atom. The molecule has 4 nitrogen and oxygen atoms in total. The van der Waals surface area contributed by atoms with Crippen LogP contribution in [0.1, 0.15) is 26.4 Å². The van der Waals surface area contributed by atoms with Gasteiger partial charge in [-0.15, -0.1) is 0 Å². The number of fused-ring (bicyclic) bond motifs is 1. The van der Waals surface area contributed by atoms with Crippen molar-refractivity contribution in [2.24, 2.45) is 0 Å². The number of aldehydes is 1. The van der Waals surface area contributed by atoms with E-state index >= 15 is 0 Å². The lowest BCUT2D eigenvalue weighted by molar-refractivity contribution is 0.0946. The summed E-state index contributed by atoms with van der Waals surface area (Å²) >= 11 is 5.93. The molecular formula is C17H13ClN2O2. The molecule has 3 aromatic rings. The molecule has 0 atom stereocenters. The molecule has 0 fully saturated rings. The van der Waals surface area contributed by atoms with E-state index < -0.39 is 0 Å². The maximum absolute atomic E-state index is 12.2. The van der Waals surface area contributed by atoms with E-state index in [1.54, 1.807) is 24.3 Å². The molecule has 2 N–H and O–H groups in total. The van der Waals surface area contributed by atoms with E-state index in [-0.39, 0.29) is 5.91 Å². The highest BCUT2D eigenvalue weighted by atomic mass is 35.5. The Balaban J connectivity index is 1.71. The standard InChI is InChI=1S/C17H13ClN2O2/c18-14-5-6-15-13(7-14)8-16(20-15)17(22)19-9-11-1-3-12(10-21)4-2-11/h1-8,10,20H,9H2,(H,19,22). The smallest absolute Gasteiger partial charge is 0.267 e. The molecule has 0 spiro atoms. The first-order valence-electron chi connectivity index (χ1n) is 6.76. The monoisotopic (exact) mass is 312 g/mol. The molecule has 0 saturated carbocycles. The first-order valence-corrected chi connectivity index (χ1v) is 7.14. The van der Waals surface area contributed by atoms with Crippen LogP contribution >= 0.6 is 11.6 Å². The summed E-state index contributed by atoms with van der Waals surface area (Å²) in [5.41, 5.74) is 2.90. The van der Waals surface area contributed by atoms with Crippen LogP contribution in [0.5, 0.6) is 0 Å². The summed E-state index contributed by atoms with van der Waals surface area (Å²) in [5, 5.41) is 4.37. The van der Waals surface area contributed by atoms with E-state index in [9.17, 15) is 9.59 Å². The van der Waals surface area contributed by atoms with Crippen molar-refractivity contribution < 1.29 is 9.59 Å². The van der Waals surface area contributed by atoms with Gasteiger partial charge < -0.3 is 10.3 Å². The van der Waals surface area contributed by atoms with Crippen LogP contribution in [0.25, 0.3) is 10.9 Å². The lowest BCUT2D eigenvalue weighted by Crippen LogP contribution is -2.23. The van der Waals surface area contributed by atoms with Gasteiger partial charge in [-0.3, -0.25) is 9.59 Å². The predicted octanol–water partition coefficient (Wildman–Crippen LogP) is 3.56. The number of aromatic amines is 1. The molecule has 110 valence electrons. The number of halogens is 1. The van der Waals surface area contributed by atoms with E-state index in [1.807, 2.05) is 24.3 Å². The van der Waals surface area contributed by atoms with Crippen molar-refractivity contribution in [1.29, 1.82) is 0 Å². The Kier molecular flexibility index (Phi) is 3.94. The van der Waals surface area contributed by atoms with Gasteiger partial charge in [-0.2, -0.15) is 0 Å². The molecule has 1 aromatic heterocycles. The minimum atomic E-state index is -0.188. The molecule has 3 rings (SSSR count). The van der Waals surface area contributed by atoms with Gasteiger partial charge >= 0.3 is 0 Å². The van der Waals surface area contributed by atoms with Crippen LogP contribution in [-0.2, 0) is 6.54 Å². The largest absolute Gasteiger partial charge is 0.351 e. The lowest BCUT2D eigenvalue weighted by atomic mass is 10.1. The zero-order valence-corrected chi connectivity index (χ0v) is 12.4. The average molecular weight is 313 g/mol. The van der Waals surface area contributed by atoms with Crippen molar-refractivity contribution in [3.05, 3.63) is 70.4 Å². The van der Waals surface area contributed by atoms with E-state index in [0.717, 1.165) is 22.8 Å². The lowest BCUT2D eigenvalue weighted by Gasteiger charge is -2.04. The van der Waals surface area contributed by atoms with Crippen LogP contribution in [0.15, 0.2) is 48.5 Å². The Labute approximate surface area is 132 Å². The zero-order valence-electron chi connectivity index (χ0n) is 11.6. The quantitative estimate of drug-likeness (QED) is 0.723. The molecule has 0 aliphatic rings. The van der Waals surface area contributed by atoms with Gasteiger partial charge in [0.15, 0.2) is 0 Å². The number of hydrogen-bond donors (Lipinski definition) is 2. The summed E-state index contributed by atoms with van der Waals surface area (Å²) in [6.07, 6.45) is 0.790. The van der Waals surface area contributed by atoms with E-state index in [1.165, 1.54) is 0 Å². The van der Waals surface area contributed by atoms with Gasteiger partial charge in [0.1, 0.15) is 12.0 Å². The average Bonchev–Trinajstić information content (AvgIpc) is 2.96. The van der Waals surface area contributed by atoms with Gasteiger partial charge in [-0.1, -0.05) is 35.9 Å². The van der Waals surface area contributed by atoms with Crippen LogP contribution in [0.4, 0.5) is 0 Å². The van der Waals surface area contributed by atoms with Crippen molar-refractivity contribution in [1.82, 2.24) is 10.3 Å². The molecule has 22 heavy (non-hydrogen) atoms. The Morgan fingerprint density at radius 3 is 2.64 bits per heavy atom. The van der Waals surface area contributed by atoms with Crippen molar-refractivity contribution in [3.8, 4) is 0 Å². The highest BCUT2D eigenvalue weighted by molar-refractivity contribution is 6.31. The number of H-pyrrole nitrogens is 1. The number of amides is 1. The Hall–Kier alpha value is -2.59. The molecule has 0 bridgehead atoms. The first-order chi connectivity index (χ1) is 10.7. The fourth-order valence-corrected chi connectivity index (χ4v) is 2.40. The third-order valence-electron chi connectivity index (χ3n) is 3.40. The van der Waals surface area contributed by atoms with Gasteiger partial charge in [0.05, 0.1) is 0 Å². The maximum atomic E-state index is 12.2. The summed E-state index contributed by atoms with van der Waals surface area (Å²) in [4.78, 5) is 25.8. The summed E-state index contributed by atoms with van der Waals surface area (Å²) in [7, 11) is 0. The van der Waals surface area contributed by atoms with Crippen molar-refractivity contribution in [2.75, 3.05) is 0 Å². The molecule has 0 aliphatic carbocycles. The fourth-order valence-electron chi connectivity index (χ4n) is 2.22. The number of carbonyl (C=O) groups excluding carboxylic acids is 2. The molecule has 1 heterocycles. The summed E-state index contributed by atoms with van der Waals surface area (Å²) in [5.74, 6) is -0.188.